The number of nitrogens with one attached hydrogen (secondary N) is 2. The van der Waals surface area contributed by atoms with Gasteiger partial charge in [0.1, 0.15) is 0 Å². The second kappa shape index (κ2) is 9.81. The zero-order valence-corrected chi connectivity index (χ0v) is 20.1. The smallest absolute Gasteiger partial charge is 0.257 e. The Morgan fingerprint density at radius 1 is 1.03 bits per heavy atom. The highest BCUT2D eigenvalue weighted by molar-refractivity contribution is 6.10. The third kappa shape index (κ3) is 5.44. The molecule has 1 aromatic heterocycles. The molecule has 1 amide bonds. The van der Waals surface area contributed by atoms with Gasteiger partial charge in [0.15, 0.2) is 0 Å². The minimum Gasteiger partial charge on any atom is -0.326 e. The van der Waals surface area contributed by atoms with Crippen LogP contribution in [0.1, 0.15) is 49.6 Å². The number of aliphatic imine (C=N–C) groups is 1. The van der Waals surface area contributed by atoms with Gasteiger partial charge in [0.2, 0.25) is 5.96 Å². The fourth-order valence-electron chi connectivity index (χ4n) is 3.87. The molecular formula is C26H33N5O. The molecule has 0 unspecified atom stereocenters. The van der Waals surface area contributed by atoms with E-state index in [2.05, 4.69) is 48.6 Å². The van der Waals surface area contributed by atoms with Gasteiger partial charge in [-0.2, -0.15) is 5.10 Å². The Labute approximate surface area is 190 Å². The standard InChI is InChI=1S/C26H33N5O/c1-16-13-17(2)15-22(14-16)25(32)29-26(28-24-10-8-9-18(3)19(24)4)27-12-11-23-20(5)30-31(7)21(23)6/h8-10,13-15H,11-12H2,1-7H3,(H2,27,28,29,32). The molecule has 6 nitrogen and oxygen atoms in total. The second-order valence-electron chi connectivity index (χ2n) is 8.46. The van der Waals surface area contributed by atoms with Gasteiger partial charge in [0.05, 0.1) is 5.69 Å². The molecule has 0 aliphatic rings. The van der Waals surface area contributed by atoms with Crippen LogP contribution in [-0.4, -0.2) is 28.2 Å². The Morgan fingerprint density at radius 3 is 2.34 bits per heavy atom. The van der Waals surface area contributed by atoms with Gasteiger partial charge in [0, 0.05) is 30.5 Å². The van der Waals surface area contributed by atoms with Crippen molar-refractivity contribution in [1.29, 1.82) is 0 Å². The van der Waals surface area contributed by atoms with Gasteiger partial charge in [-0.1, -0.05) is 29.3 Å². The first kappa shape index (κ1) is 23.3. The summed E-state index contributed by atoms with van der Waals surface area (Å²) in [6.45, 7) is 12.7. The van der Waals surface area contributed by atoms with Crippen LogP contribution in [0.3, 0.4) is 0 Å². The molecule has 0 aliphatic heterocycles. The summed E-state index contributed by atoms with van der Waals surface area (Å²) in [7, 11) is 1.95. The number of hydrogen-bond acceptors (Lipinski definition) is 3. The molecule has 2 N–H and O–H groups in total. The minimum absolute atomic E-state index is 0.179. The van der Waals surface area contributed by atoms with Crippen molar-refractivity contribution in [3.8, 4) is 0 Å². The van der Waals surface area contributed by atoms with Gasteiger partial charge in [-0.05, 0) is 82.9 Å². The van der Waals surface area contributed by atoms with Crippen LogP contribution in [0.15, 0.2) is 41.4 Å². The fourth-order valence-corrected chi connectivity index (χ4v) is 3.87. The maximum absolute atomic E-state index is 13.0. The largest absolute Gasteiger partial charge is 0.326 e. The van der Waals surface area contributed by atoms with Crippen molar-refractivity contribution in [3.63, 3.8) is 0 Å². The first-order chi connectivity index (χ1) is 15.2. The van der Waals surface area contributed by atoms with Gasteiger partial charge >= 0.3 is 0 Å². The van der Waals surface area contributed by atoms with E-state index >= 15 is 0 Å². The zero-order chi connectivity index (χ0) is 23.4. The molecule has 2 aromatic carbocycles. The summed E-state index contributed by atoms with van der Waals surface area (Å²) in [4.78, 5) is 17.7. The van der Waals surface area contributed by atoms with Crippen LogP contribution >= 0.6 is 0 Å². The van der Waals surface area contributed by atoms with Gasteiger partial charge in [0.25, 0.3) is 5.91 Å². The maximum Gasteiger partial charge on any atom is 0.257 e. The first-order valence-corrected chi connectivity index (χ1v) is 10.9. The number of carbonyl (C=O) groups excluding carboxylic acids is 1. The molecule has 0 bridgehead atoms. The molecule has 0 saturated heterocycles. The Balaban J connectivity index is 1.85. The van der Waals surface area contributed by atoms with Crippen LogP contribution in [0.5, 0.6) is 0 Å². The van der Waals surface area contributed by atoms with Gasteiger partial charge in [-0.25, -0.2) is 0 Å². The molecule has 0 radical (unpaired) electrons. The predicted octanol–water partition coefficient (Wildman–Crippen LogP) is 4.71. The van der Waals surface area contributed by atoms with Crippen LogP contribution < -0.4 is 10.6 Å². The number of nitrogens with zero attached hydrogens (tertiary/aromatic N) is 3. The van der Waals surface area contributed by atoms with Crippen molar-refractivity contribution >= 4 is 17.6 Å². The Hall–Kier alpha value is -3.41. The van der Waals surface area contributed by atoms with Crippen molar-refractivity contribution in [2.45, 2.75) is 48.0 Å². The van der Waals surface area contributed by atoms with Crippen LogP contribution in [0.25, 0.3) is 0 Å². The summed E-state index contributed by atoms with van der Waals surface area (Å²) in [5.74, 6) is 0.268. The summed E-state index contributed by atoms with van der Waals surface area (Å²) in [6, 6.07) is 11.9. The summed E-state index contributed by atoms with van der Waals surface area (Å²) in [5, 5.41) is 10.8. The molecule has 3 rings (SSSR count). The molecule has 0 spiro atoms. The number of guanidine groups is 1. The molecule has 0 aliphatic carbocycles. The molecule has 0 fully saturated rings. The van der Waals surface area contributed by atoms with E-state index in [1.165, 1.54) is 11.1 Å². The first-order valence-electron chi connectivity index (χ1n) is 10.9. The molecule has 6 heteroatoms. The number of amides is 1. The quantitative estimate of drug-likeness (QED) is 0.454. The lowest BCUT2D eigenvalue weighted by Gasteiger charge is -2.15. The van der Waals surface area contributed by atoms with E-state index in [0.29, 0.717) is 18.1 Å². The molecular weight excluding hydrogens is 398 g/mol. The molecule has 1 heterocycles. The number of rotatable bonds is 5. The summed E-state index contributed by atoms with van der Waals surface area (Å²) < 4.78 is 1.89. The fraction of sp³-hybridized carbons (Fsp3) is 0.346. The highest BCUT2D eigenvalue weighted by Crippen LogP contribution is 2.18. The summed E-state index contributed by atoms with van der Waals surface area (Å²) in [6.07, 6.45) is 0.753. The Kier molecular flexibility index (Phi) is 7.13. The number of aryl methyl sites for hydroxylation is 5. The zero-order valence-electron chi connectivity index (χ0n) is 20.1. The van der Waals surface area contributed by atoms with E-state index in [-0.39, 0.29) is 5.91 Å². The van der Waals surface area contributed by atoms with Gasteiger partial charge in [-0.15, -0.1) is 0 Å². The third-order valence-electron chi connectivity index (χ3n) is 5.86. The van der Waals surface area contributed by atoms with Gasteiger partial charge < -0.3 is 5.32 Å². The lowest BCUT2D eigenvalue weighted by atomic mass is 10.1. The highest BCUT2D eigenvalue weighted by atomic mass is 16.1. The van der Waals surface area contributed by atoms with E-state index in [4.69, 9.17) is 4.99 Å². The molecule has 168 valence electrons. The van der Waals surface area contributed by atoms with Crippen LogP contribution in [0.2, 0.25) is 0 Å². The van der Waals surface area contributed by atoms with Crippen LogP contribution in [0, 0.1) is 41.5 Å². The summed E-state index contributed by atoms with van der Waals surface area (Å²) >= 11 is 0. The highest BCUT2D eigenvalue weighted by Gasteiger charge is 2.13. The number of benzene rings is 2. The number of aromatic nitrogens is 2. The number of carbonyl (C=O) groups is 1. The van der Waals surface area contributed by atoms with Crippen LogP contribution in [-0.2, 0) is 13.5 Å². The lowest BCUT2D eigenvalue weighted by Crippen LogP contribution is -2.36. The Bertz CT molecular complexity index is 1150. The van der Waals surface area contributed by atoms with E-state index < -0.39 is 0 Å². The summed E-state index contributed by atoms with van der Waals surface area (Å²) in [5.41, 5.74) is 9.32. The predicted molar refractivity (Wildman–Crippen MR) is 132 cm³/mol. The number of hydrogen-bond donors (Lipinski definition) is 2. The third-order valence-corrected chi connectivity index (χ3v) is 5.86. The maximum atomic E-state index is 13.0. The van der Waals surface area contributed by atoms with E-state index in [1.54, 1.807) is 0 Å². The van der Waals surface area contributed by atoms with E-state index in [0.717, 1.165) is 40.2 Å². The molecule has 0 saturated carbocycles. The van der Waals surface area contributed by atoms with Crippen molar-refractivity contribution < 1.29 is 4.79 Å². The monoisotopic (exact) mass is 431 g/mol. The van der Waals surface area contributed by atoms with E-state index in [1.807, 2.05) is 56.8 Å². The van der Waals surface area contributed by atoms with Gasteiger partial charge in [-0.3, -0.25) is 19.8 Å². The molecule has 32 heavy (non-hydrogen) atoms. The average molecular weight is 432 g/mol. The van der Waals surface area contributed by atoms with Crippen LogP contribution in [0.4, 0.5) is 5.69 Å². The van der Waals surface area contributed by atoms with Crippen molar-refractivity contribution in [1.82, 2.24) is 15.1 Å². The topological polar surface area (TPSA) is 71.3 Å². The van der Waals surface area contributed by atoms with Crippen molar-refractivity contribution in [3.05, 3.63) is 81.2 Å². The SMILES string of the molecule is Cc1cc(C)cc(C(=O)NC(=NCCc2c(C)nn(C)c2C)Nc2cccc(C)c2C)c1. The van der Waals surface area contributed by atoms with Crippen molar-refractivity contribution in [2.75, 3.05) is 11.9 Å². The van der Waals surface area contributed by atoms with E-state index in [9.17, 15) is 4.79 Å². The lowest BCUT2D eigenvalue weighted by molar-refractivity contribution is 0.0976. The Morgan fingerprint density at radius 2 is 1.72 bits per heavy atom. The molecule has 0 atom stereocenters. The van der Waals surface area contributed by atoms with Crippen molar-refractivity contribution in [2.24, 2.45) is 12.0 Å². The second-order valence-corrected chi connectivity index (χ2v) is 8.46. The molecule has 3 aromatic rings. The normalized spacial score (nSPS) is 11.5. The minimum atomic E-state index is -0.179. The average Bonchev–Trinajstić information content (AvgIpc) is 2.96. The number of anilines is 1.